The van der Waals surface area contributed by atoms with Gasteiger partial charge in [0.15, 0.2) is 0 Å². The van der Waals surface area contributed by atoms with E-state index >= 15 is 0 Å². The molecular weight excluding hydrogens is 250 g/mol. The van der Waals surface area contributed by atoms with Crippen molar-refractivity contribution < 1.29 is 4.79 Å². The van der Waals surface area contributed by atoms with Crippen LogP contribution < -0.4 is 16.0 Å². The number of fused-ring (bicyclic) bond motifs is 1. The third-order valence-corrected chi connectivity index (χ3v) is 4.43. The molecule has 0 aromatic heterocycles. The van der Waals surface area contributed by atoms with Crippen molar-refractivity contribution in [1.29, 1.82) is 0 Å². The van der Waals surface area contributed by atoms with Crippen LogP contribution in [0.25, 0.3) is 0 Å². The number of amides is 1. The summed E-state index contributed by atoms with van der Waals surface area (Å²) in [6, 6.07) is 9.04. The van der Waals surface area contributed by atoms with Gasteiger partial charge >= 0.3 is 0 Å². The molecule has 20 heavy (non-hydrogen) atoms. The van der Waals surface area contributed by atoms with Gasteiger partial charge in [-0.3, -0.25) is 4.79 Å². The summed E-state index contributed by atoms with van der Waals surface area (Å²) in [4.78, 5) is 14.3. The highest BCUT2D eigenvalue weighted by molar-refractivity contribution is 5.77. The molecule has 1 heterocycles. The average Bonchev–Trinajstić information content (AvgIpc) is 3.03. The van der Waals surface area contributed by atoms with E-state index in [9.17, 15) is 4.79 Å². The minimum absolute atomic E-state index is 0.161. The topological polar surface area (TPSA) is 58.4 Å². The molecule has 1 aromatic carbocycles. The lowest BCUT2D eigenvalue weighted by Crippen LogP contribution is -2.36. The molecule has 2 atom stereocenters. The van der Waals surface area contributed by atoms with E-state index in [1.165, 1.54) is 11.3 Å². The number of rotatable bonds is 4. The molecule has 1 aliphatic carbocycles. The van der Waals surface area contributed by atoms with Gasteiger partial charge in [-0.25, -0.2) is 0 Å². The van der Waals surface area contributed by atoms with Gasteiger partial charge in [0.25, 0.3) is 0 Å². The van der Waals surface area contributed by atoms with Crippen LogP contribution >= 0.6 is 0 Å². The van der Waals surface area contributed by atoms with Gasteiger partial charge in [0, 0.05) is 37.3 Å². The van der Waals surface area contributed by atoms with E-state index < -0.39 is 0 Å². The maximum absolute atomic E-state index is 12.0. The first kappa shape index (κ1) is 13.4. The van der Waals surface area contributed by atoms with Crippen LogP contribution in [-0.2, 0) is 11.2 Å². The second-order valence-electron chi connectivity index (χ2n) is 5.95. The Morgan fingerprint density at radius 1 is 1.35 bits per heavy atom. The second-order valence-corrected chi connectivity index (χ2v) is 5.95. The lowest BCUT2D eigenvalue weighted by atomic mass is 10.2. The van der Waals surface area contributed by atoms with Crippen molar-refractivity contribution in [1.82, 2.24) is 5.32 Å². The standard InChI is InChI=1S/C16H23N3O/c17-13-5-6-14(11-13)18-16(20)8-10-19-9-7-12-3-1-2-4-15(12)19/h1-4,13-14H,5-11,17H2,(H,18,20)/t13-,14-/m1/s1. The lowest BCUT2D eigenvalue weighted by molar-refractivity contribution is -0.121. The third-order valence-electron chi connectivity index (χ3n) is 4.43. The van der Waals surface area contributed by atoms with Gasteiger partial charge in [0.05, 0.1) is 0 Å². The first-order valence-electron chi connectivity index (χ1n) is 7.60. The Morgan fingerprint density at radius 2 is 2.20 bits per heavy atom. The number of para-hydroxylation sites is 1. The quantitative estimate of drug-likeness (QED) is 0.872. The van der Waals surface area contributed by atoms with Crippen LogP contribution in [0.5, 0.6) is 0 Å². The van der Waals surface area contributed by atoms with Crippen molar-refractivity contribution in [3.8, 4) is 0 Å². The molecule has 1 saturated carbocycles. The Hall–Kier alpha value is -1.55. The Morgan fingerprint density at radius 3 is 3.00 bits per heavy atom. The van der Waals surface area contributed by atoms with E-state index in [-0.39, 0.29) is 11.9 Å². The summed E-state index contributed by atoms with van der Waals surface area (Å²) in [7, 11) is 0. The van der Waals surface area contributed by atoms with Gasteiger partial charge in [-0.1, -0.05) is 18.2 Å². The molecule has 1 amide bonds. The van der Waals surface area contributed by atoms with Crippen molar-refractivity contribution in [2.24, 2.45) is 5.73 Å². The number of benzene rings is 1. The van der Waals surface area contributed by atoms with E-state index in [1.807, 2.05) is 0 Å². The maximum atomic E-state index is 12.0. The fourth-order valence-electron chi connectivity index (χ4n) is 3.32. The molecule has 4 heteroatoms. The minimum Gasteiger partial charge on any atom is -0.370 e. The molecule has 3 rings (SSSR count). The lowest BCUT2D eigenvalue weighted by Gasteiger charge is -2.20. The number of carbonyl (C=O) groups excluding carboxylic acids is 1. The van der Waals surface area contributed by atoms with Crippen LogP contribution in [0.15, 0.2) is 24.3 Å². The maximum Gasteiger partial charge on any atom is 0.221 e. The summed E-state index contributed by atoms with van der Waals surface area (Å²) in [5.74, 6) is 0.161. The number of nitrogens with two attached hydrogens (primary N) is 1. The first-order chi connectivity index (χ1) is 9.72. The Bertz CT molecular complexity index is 488. The van der Waals surface area contributed by atoms with Crippen LogP contribution in [0.3, 0.4) is 0 Å². The fourth-order valence-corrected chi connectivity index (χ4v) is 3.32. The number of anilines is 1. The Kier molecular flexibility index (Phi) is 3.92. The molecule has 108 valence electrons. The molecule has 4 nitrogen and oxygen atoms in total. The van der Waals surface area contributed by atoms with Crippen molar-refractivity contribution in [3.63, 3.8) is 0 Å². The highest BCUT2D eigenvalue weighted by Crippen LogP contribution is 2.27. The van der Waals surface area contributed by atoms with Gasteiger partial charge < -0.3 is 16.0 Å². The SMILES string of the molecule is N[C@@H]1CC[C@@H](NC(=O)CCN2CCc3ccccc32)C1. The molecule has 2 aliphatic rings. The second kappa shape index (κ2) is 5.83. The monoisotopic (exact) mass is 273 g/mol. The number of hydrogen-bond acceptors (Lipinski definition) is 3. The Balaban J connectivity index is 1.47. The Labute approximate surface area is 120 Å². The summed E-state index contributed by atoms with van der Waals surface area (Å²) in [5.41, 5.74) is 8.56. The zero-order valence-corrected chi connectivity index (χ0v) is 11.8. The molecule has 1 fully saturated rings. The summed E-state index contributed by atoms with van der Waals surface area (Å²) >= 11 is 0. The molecule has 3 N–H and O–H groups in total. The largest absolute Gasteiger partial charge is 0.370 e. The van der Waals surface area contributed by atoms with Crippen molar-refractivity contribution in [2.75, 3.05) is 18.0 Å². The van der Waals surface area contributed by atoms with E-state index in [0.29, 0.717) is 12.5 Å². The van der Waals surface area contributed by atoms with Crippen LogP contribution in [0.1, 0.15) is 31.2 Å². The molecule has 1 aliphatic heterocycles. The molecular formula is C16H23N3O. The van der Waals surface area contributed by atoms with Crippen LogP contribution in [-0.4, -0.2) is 31.1 Å². The predicted molar refractivity (Wildman–Crippen MR) is 80.7 cm³/mol. The zero-order chi connectivity index (χ0) is 13.9. The van der Waals surface area contributed by atoms with Crippen molar-refractivity contribution in [2.45, 2.75) is 44.2 Å². The predicted octanol–water partition coefficient (Wildman–Crippen LogP) is 1.44. The van der Waals surface area contributed by atoms with Gasteiger partial charge in [-0.15, -0.1) is 0 Å². The van der Waals surface area contributed by atoms with Gasteiger partial charge in [-0.05, 0) is 37.3 Å². The van der Waals surface area contributed by atoms with Crippen LogP contribution in [0.4, 0.5) is 5.69 Å². The highest BCUT2D eigenvalue weighted by atomic mass is 16.1. The number of nitrogens with zero attached hydrogens (tertiary/aromatic N) is 1. The van der Waals surface area contributed by atoms with Gasteiger partial charge in [-0.2, -0.15) is 0 Å². The van der Waals surface area contributed by atoms with E-state index in [0.717, 1.165) is 38.8 Å². The molecule has 0 unspecified atom stereocenters. The molecule has 0 radical (unpaired) electrons. The van der Waals surface area contributed by atoms with Crippen molar-refractivity contribution >= 4 is 11.6 Å². The van der Waals surface area contributed by atoms with Crippen LogP contribution in [0, 0.1) is 0 Å². The van der Waals surface area contributed by atoms with E-state index in [2.05, 4.69) is 34.5 Å². The van der Waals surface area contributed by atoms with E-state index in [4.69, 9.17) is 5.73 Å². The van der Waals surface area contributed by atoms with Gasteiger partial charge in [0.1, 0.15) is 0 Å². The normalized spacial score (nSPS) is 24.8. The average molecular weight is 273 g/mol. The summed E-state index contributed by atoms with van der Waals surface area (Å²) in [6.45, 7) is 1.84. The summed E-state index contributed by atoms with van der Waals surface area (Å²) < 4.78 is 0. The number of nitrogens with one attached hydrogen (secondary N) is 1. The minimum atomic E-state index is 0.161. The fraction of sp³-hybridized carbons (Fsp3) is 0.562. The third kappa shape index (κ3) is 2.96. The molecule has 1 aromatic rings. The van der Waals surface area contributed by atoms with Crippen LogP contribution in [0.2, 0.25) is 0 Å². The molecule has 0 bridgehead atoms. The first-order valence-corrected chi connectivity index (χ1v) is 7.60. The number of carbonyl (C=O) groups is 1. The smallest absolute Gasteiger partial charge is 0.221 e. The van der Waals surface area contributed by atoms with E-state index in [1.54, 1.807) is 0 Å². The summed E-state index contributed by atoms with van der Waals surface area (Å²) in [6.07, 6.45) is 4.65. The zero-order valence-electron chi connectivity index (χ0n) is 11.8. The number of hydrogen-bond donors (Lipinski definition) is 2. The van der Waals surface area contributed by atoms with Crippen molar-refractivity contribution in [3.05, 3.63) is 29.8 Å². The van der Waals surface area contributed by atoms with Gasteiger partial charge in [0.2, 0.25) is 5.91 Å². The highest BCUT2D eigenvalue weighted by Gasteiger charge is 2.24. The summed E-state index contributed by atoms with van der Waals surface area (Å²) in [5, 5.41) is 3.11. The molecule has 0 saturated heterocycles. The molecule has 0 spiro atoms.